The molecule has 4 aromatic rings. The molecular formula is C57H74N12O18S4. The topological polar surface area (TPSA) is 489 Å². The van der Waals surface area contributed by atoms with Crippen LogP contribution in [0.1, 0.15) is 48.1 Å². The summed E-state index contributed by atoms with van der Waals surface area (Å²) in [4.78, 5) is 168. The van der Waals surface area contributed by atoms with Gasteiger partial charge in [-0.15, -0.1) is 0 Å². The number of thiol groups is 2. The number of carboxylic acid groups (broad SMARTS) is 3. The number of aromatic nitrogens is 2. The Labute approximate surface area is 541 Å². The number of carbonyl (C=O) groups is 12. The SMILES string of the molecule is CSCC[C@H](NC(=O)[C@H](Cc1ccc(O)cc1)NC(=O)[C@H](CS)NC(=O)[C@H](Cc1cnc[nH]1)NC(=O)[C@H](CC(=O)O)NC(=O)[C@@H](N)Cc1ccc(O)cc1)C(=O)N[C@@H](CS)C(=O)N[C@H](CC(=O)O)C(=O)N[C@H](CCSC)C(=O)N[C@H](Cc1ccc(O)cc1)C(=O)O. The lowest BCUT2D eigenvalue weighted by atomic mass is 10.0. The van der Waals surface area contributed by atoms with E-state index in [0.29, 0.717) is 16.7 Å². The maximum absolute atomic E-state index is 14.5. The number of carboxylic acids is 3. The standard InChI is InChI=1S/C57H74N12O18S4/c1-90-17-15-37(49(78)67-43(57(86)87)21-31-7-13-35(72)14-8-31)62-53(82)42(24-47(75)76)66-56(85)44(26-88)68-50(79)38(16-18-91-2)61-51(80)39(20-30-5-11-34(71)12-6-30)64-55(84)45(27-89)69-52(81)40(22-32-25-59-28-60-32)65-54(83)41(23-46(73)74)63-48(77)36(58)19-29-3-9-33(70)10-4-29/h3-14,25,28,36-45,70-72,88-89H,15-24,26-27,58H2,1-2H3,(H,59,60)(H,61,80)(H,62,82)(H,63,77)(H,64,84)(H,65,83)(H,66,85)(H,67,78)(H,68,79)(H,69,81)(H,73,74)(H,75,76)(H,86,87)/t36-,37+,38-,39-,40-,41-,42+,43+,44-,45-/m0/s1. The summed E-state index contributed by atoms with van der Waals surface area (Å²) in [6.07, 6.45) is 2.93. The number of carbonyl (C=O) groups excluding carboxylic acids is 9. The largest absolute Gasteiger partial charge is 0.508 e. The van der Waals surface area contributed by atoms with Crippen LogP contribution in [-0.2, 0) is 83.2 Å². The second kappa shape index (κ2) is 38.1. The van der Waals surface area contributed by atoms with Gasteiger partial charge in [-0.2, -0.15) is 48.8 Å². The molecule has 18 N–H and O–H groups in total. The van der Waals surface area contributed by atoms with E-state index in [2.05, 4.69) is 83.1 Å². The first kappa shape index (κ1) is 74.7. The highest BCUT2D eigenvalue weighted by Gasteiger charge is 2.37. The molecule has 91 heavy (non-hydrogen) atoms. The maximum atomic E-state index is 14.5. The Balaban J connectivity index is 1.53. The Morgan fingerprint density at radius 2 is 0.747 bits per heavy atom. The van der Waals surface area contributed by atoms with Gasteiger partial charge in [0.05, 0.1) is 25.2 Å². The van der Waals surface area contributed by atoms with E-state index in [9.17, 15) is 88.2 Å². The lowest BCUT2D eigenvalue weighted by molar-refractivity contribution is -0.143. The number of nitrogens with one attached hydrogen (secondary N) is 10. The molecule has 494 valence electrons. The molecule has 0 aliphatic heterocycles. The van der Waals surface area contributed by atoms with Gasteiger partial charge in [0.15, 0.2) is 0 Å². The summed E-state index contributed by atoms with van der Waals surface area (Å²) in [5.74, 6) is -14.5. The third kappa shape index (κ3) is 26.0. The molecule has 1 aromatic heterocycles. The Hall–Kier alpha value is -8.73. The highest BCUT2D eigenvalue weighted by molar-refractivity contribution is 7.98. The van der Waals surface area contributed by atoms with Gasteiger partial charge in [0.1, 0.15) is 71.6 Å². The van der Waals surface area contributed by atoms with E-state index >= 15 is 0 Å². The molecule has 0 saturated heterocycles. The summed E-state index contributed by atoms with van der Waals surface area (Å²) in [6.45, 7) is 0. The van der Waals surface area contributed by atoms with Crippen molar-refractivity contribution in [2.24, 2.45) is 5.73 Å². The Kier molecular flexibility index (Phi) is 31.3. The molecule has 3 aromatic carbocycles. The number of phenols is 3. The number of nitrogens with zero attached hydrogens (tertiary/aromatic N) is 1. The Morgan fingerprint density at radius 1 is 0.440 bits per heavy atom. The average Bonchev–Trinajstić information content (AvgIpc) is 2.22. The van der Waals surface area contributed by atoms with Crippen molar-refractivity contribution in [3.05, 3.63) is 108 Å². The van der Waals surface area contributed by atoms with Gasteiger partial charge in [0.2, 0.25) is 53.2 Å². The van der Waals surface area contributed by atoms with Crippen molar-refractivity contribution in [3.63, 3.8) is 0 Å². The third-order valence-corrected chi connectivity index (χ3v) is 15.5. The molecule has 0 bridgehead atoms. The van der Waals surface area contributed by atoms with Gasteiger partial charge in [-0.25, -0.2) is 9.78 Å². The minimum Gasteiger partial charge on any atom is -0.508 e. The highest BCUT2D eigenvalue weighted by Crippen LogP contribution is 2.16. The number of nitrogens with two attached hydrogens (primary N) is 1. The number of rotatable bonds is 39. The molecule has 0 aliphatic carbocycles. The number of H-pyrrole nitrogens is 1. The van der Waals surface area contributed by atoms with Crippen LogP contribution in [0, 0.1) is 0 Å². The summed E-state index contributed by atoms with van der Waals surface area (Å²) in [5, 5.41) is 80.6. The normalized spacial score (nSPS) is 14.3. The second-order valence-corrected chi connectivity index (χ2v) is 23.2. The smallest absolute Gasteiger partial charge is 0.326 e. The Bertz CT molecular complexity index is 3130. The summed E-state index contributed by atoms with van der Waals surface area (Å²) in [5.41, 5.74) is 7.73. The van der Waals surface area contributed by atoms with E-state index in [-0.39, 0.29) is 73.0 Å². The van der Waals surface area contributed by atoms with Gasteiger partial charge in [-0.1, -0.05) is 36.4 Å². The first-order valence-corrected chi connectivity index (χ1v) is 31.9. The number of thioether (sulfide) groups is 2. The zero-order valence-corrected chi connectivity index (χ0v) is 52.6. The zero-order chi connectivity index (χ0) is 67.3. The van der Waals surface area contributed by atoms with Crippen LogP contribution in [0.3, 0.4) is 0 Å². The fourth-order valence-electron chi connectivity index (χ4n) is 8.57. The number of aromatic amines is 1. The van der Waals surface area contributed by atoms with Crippen LogP contribution in [0.5, 0.6) is 17.2 Å². The van der Waals surface area contributed by atoms with Gasteiger partial charge in [0, 0.05) is 42.7 Å². The van der Waals surface area contributed by atoms with Gasteiger partial charge in [0.25, 0.3) is 0 Å². The maximum Gasteiger partial charge on any atom is 0.326 e. The number of hydrogen-bond acceptors (Lipinski definition) is 21. The van der Waals surface area contributed by atoms with Crippen LogP contribution in [-0.4, -0.2) is 208 Å². The number of benzene rings is 3. The zero-order valence-electron chi connectivity index (χ0n) is 49.2. The van der Waals surface area contributed by atoms with Crippen molar-refractivity contribution in [2.75, 3.05) is 35.5 Å². The van der Waals surface area contributed by atoms with E-state index in [1.54, 1.807) is 12.5 Å². The molecule has 0 fully saturated rings. The summed E-state index contributed by atoms with van der Waals surface area (Å²) in [6, 6.07) is 1.06. The summed E-state index contributed by atoms with van der Waals surface area (Å²) in [7, 11) is 0. The van der Waals surface area contributed by atoms with Crippen molar-refractivity contribution < 1.29 is 88.2 Å². The number of phenolic OH excluding ortho intramolecular Hbond substituents is 3. The average molecular weight is 1340 g/mol. The van der Waals surface area contributed by atoms with Crippen molar-refractivity contribution in [1.29, 1.82) is 0 Å². The number of hydrogen-bond donors (Lipinski definition) is 19. The number of aliphatic carboxylic acids is 3. The van der Waals surface area contributed by atoms with Crippen molar-refractivity contribution in [3.8, 4) is 17.2 Å². The molecule has 9 amide bonds. The van der Waals surface area contributed by atoms with Gasteiger partial charge in [-0.05, 0) is 96.4 Å². The molecule has 34 heteroatoms. The second-order valence-electron chi connectivity index (χ2n) is 20.5. The van der Waals surface area contributed by atoms with E-state index in [4.69, 9.17) is 5.73 Å². The van der Waals surface area contributed by atoms with Crippen molar-refractivity contribution >= 4 is 120 Å². The van der Waals surface area contributed by atoms with Crippen LogP contribution in [0.2, 0.25) is 0 Å². The third-order valence-electron chi connectivity index (χ3n) is 13.5. The molecule has 4 rings (SSSR count). The minimum absolute atomic E-state index is 0.0426. The predicted molar refractivity (Wildman–Crippen MR) is 339 cm³/mol. The number of aromatic hydroxyl groups is 3. The molecule has 1 heterocycles. The molecule has 0 radical (unpaired) electrons. The predicted octanol–water partition coefficient (Wildman–Crippen LogP) is -2.11. The number of amides is 9. The quantitative estimate of drug-likeness (QED) is 0.0213. The fourth-order valence-corrected chi connectivity index (χ4v) is 10.0. The van der Waals surface area contributed by atoms with Crippen molar-refractivity contribution in [1.82, 2.24) is 57.8 Å². The fraction of sp³-hybridized carbons (Fsp3) is 0.421. The van der Waals surface area contributed by atoms with Gasteiger partial charge < -0.3 is 89.2 Å². The summed E-state index contributed by atoms with van der Waals surface area (Å²) >= 11 is 11.0. The van der Waals surface area contributed by atoms with E-state index in [1.165, 1.54) is 109 Å². The minimum atomic E-state index is -1.88. The van der Waals surface area contributed by atoms with Crippen LogP contribution in [0.25, 0.3) is 0 Å². The van der Waals surface area contributed by atoms with Crippen LogP contribution in [0.15, 0.2) is 85.3 Å². The monoisotopic (exact) mass is 1340 g/mol. The lowest BCUT2D eigenvalue weighted by Crippen LogP contribution is -2.61. The van der Waals surface area contributed by atoms with Crippen LogP contribution >= 0.6 is 48.8 Å². The molecule has 30 nitrogen and oxygen atoms in total. The van der Waals surface area contributed by atoms with E-state index in [0.717, 1.165) is 0 Å². The lowest BCUT2D eigenvalue weighted by Gasteiger charge is -2.27. The first-order valence-electron chi connectivity index (χ1n) is 27.9. The molecule has 0 saturated carbocycles. The first-order chi connectivity index (χ1) is 43.2. The summed E-state index contributed by atoms with van der Waals surface area (Å²) < 4.78 is 0. The highest BCUT2D eigenvalue weighted by atomic mass is 32.2. The Morgan fingerprint density at radius 3 is 1.11 bits per heavy atom. The molecule has 0 aliphatic rings. The number of imidazole rings is 1. The van der Waals surface area contributed by atoms with Gasteiger partial charge >= 0.3 is 17.9 Å². The van der Waals surface area contributed by atoms with E-state index in [1.807, 2.05) is 0 Å². The molecular weight excluding hydrogens is 1270 g/mol. The molecule has 10 atom stereocenters. The molecule has 0 spiro atoms. The van der Waals surface area contributed by atoms with Gasteiger partial charge in [-0.3, -0.25) is 52.7 Å². The van der Waals surface area contributed by atoms with Crippen LogP contribution in [0.4, 0.5) is 0 Å². The van der Waals surface area contributed by atoms with E-state index < -0.39 is 156 Å². The molecule has 0 unspecified atom stereocenters. The van der Waals surface area contributed by atoms with Crippen molar-refractivity contribution in [2.45, 2.75) is 112 Å². The van der Waals surface area contributed by atoms with Crippen LogP contribution < -0.4 is 53.6 Å².